The highest BCUT2D eigenvalue weighted by molar-refractivity contribution is 7.07. The molecular weight excluding hydrogens is 240 g/mol. The zero-order chi connectivity index (χ0) is 12.5. The summed E-state index contributed by atoms with van der Waals surface area (Å²) in [6.45, 7) is 0. The first-order chi connectivity index (χ1) is 8.95. The largest absolute Gasteiger partial charge is 0.457 e. The van der Waals surface area contributed by atoms with E-state index >= 15 is 0 Å². The minimum atomic E-state index is 0.869. The molecule has 0 radical (unpaired) electrons. The maximum Gasteiger partial charge on any atom is 0.127 e. The SMILES string of the molecule is c1ccc(Oc2ccccc2)cc1.c1ccsc1. The maximum absolute atomic E-state index is 5.58. The molecule has 1 heterocycles. The summed E-state index contributed by atoms with van der Waals surface area (Å²) in [6, 6.07) is 23.6. The fourth-order valence-electron chi connectivity index (χ4n) is 1.34. The van der Waals surface area contributed by atoms with Gasteiger partial charge in [0.05, 0.1) is 0 Å². The highest BCUT2D eigenvalue weighted by atomic mass is 32.1. The Labute approximate surface area is 111 Å². The Hall–Kier alpha value is -2.06. The third-order valence-corrected chi connectivity index (χ3v) is 2.78. The number of ether oxygens (including phenoxy) is 1. The molecule has 0 fully saturated rings. The van der Waals surface area contributed by atoms with Crippen molar-refractivity contribution in [2.45, 2.75) is 0 Å². The number of rotatable bonds is 2. The number of hydrogen-bond donors (Lipinski definition) is 0. The van der Waals surface area contributed by atoms with E-state index in [0.29, 0.717) is 0 Å². The highest BCUT2D eigenvalue weighted by Crippen LogP contribution is 2.19. The lowest BCUT2D eigenvalue weighted by Crippen LogP contribution is -1.81. The summed E-state index contributed by atoms with van der Waals surface area (Å²) in [4.78, 5) is 0. The van der Waals surface area contributed by atoms with Crippen LogP contribution in [0.2, 0.25) is 0 Å². The van der Waals surface area contributed by atoms with Crippen molar-refractivity contribution in [2.75, 3.05) is 0 Å². The Kier molecular flexibility index (Phi) is 5.03. The molecule has 0 saturated heterocycles. The molecule has 18 heavy (non-hydrogen) atoms. The highest BCUT2D eigenvalue weighted by Gasteiger charge is 1.92. The second-order valence-corrected chi connectivity index (χ2v) is 4.34. The third kappa shape index (κ3) is 4.44. The first-order valence-electron chi connectivity index (χ1n) is 5.70. The predicted molar refractivity (Wildman–Crippen MR) is 77.3 cm³/mol. The van der Waals surface area contributed by atoms with Gasteiger partial charge in [0.15, 0.2) is 0 Å². The van der Waals surface area contributed by atoms with Gasteiger partial charge in [0.25, 0.3) is 0 Å². The van der Waals surface area contributed by atoms with Crippen LogP contribution < -0.4 is 4.74 Å². The Balaban J connectivity index is 0.000000202. The quantitative estimate of drug-likeness (QED) is 0.608. The van der Waals surface area contributed by atoms with Crippen molar-refractivity contribution in [3.8, 4) is 11.5 Å². The minimum Gasteiger partial charge on any atom is -0.457 e. The van der Waals surface area contributed by atoms with E-state index < -0.39 is 0 Å². The molecule has 3 rings (SSSR count). The average Bonchev–Trinajstić information content (AvgIpc) is 3.00. The number of thiophene rings is 1. The lowest BCUT2D eigenvalue weighted by atomic mass is 10.3. The molecular formula is C16H14OS. The summed E-state index contributed by atoms with van der Waals surface area (Å²) in [5, 5.41) is 4.08. The van der Waals surface area contributed by atoms with Gasteiger partial charge in [-0.2, -0.15) is 11.3 Å². The summed E-state index contributed by atoms with van der Waals surface area (Å²) < 4.78 is 5.58. The van der Waals surface area contributed by atoms with Gasteiger partial charge in [-0.1, -0.05) is 48.5 Å². The lowest BCUT2D eigenvalue weighted by Gasteiger charge is -2.03. The van der Waals surface area contributed by atoms with Gasteiger partial charge in [-0.3, -0.25) is 0 Å². The minimum absolute atomic E-state index is 0.869. The molecule has 0 aliphatic carbocycles. The molecule has 0 N–H and O–H groups in total. The van der Waals surface area contributed by atoms with Gasteiger partial charge in [0, 0.05) is 0 Å². The second-order valence-electron chi connectivity index (χ2n) is 3.52. The molecule has 3 aromatic rings. The summed E-state index contributed by atoms with van der Waals surface area (Å²) >= 11 is 1.71. The van der Waals surface area contributed by atoms with E-state index in [0.717, 1.165) is 11.5 Å². The van der Waals surface area contributed by atoms with Crippen molar-refractivity contribution in [2.24, 2.45) is 0 Å². The molecule has 2 heteroatoms. The predicted octanol–water partition coefficient (Wildman–Crippen LogP) is 5.23. The van der Waals surface area contributed by atoms with Crippen molar-refractivity contribution in [1.82, 2.24) is 0 Å². The van der Waals surface area contributed by atoms with Crippen molar-refractivity contribution in [1.29, 1.82) is 0 Å². The number of para-hydroxylation sites is 2. The Morgan fingerprint density at radius 3 is 1.33 bits per heavy atom. The van der Waals surface area contributed by atoms with E-state index in [1.807, 2.05) is 83.6 Å². The van der Waals surface area contributed by atoms with Gasteiger partial charge in [0.2, 0.25) is 0 Å². The van der Waals surface area contributed by atoms with Crippen LogP contribution in [0.4, 0.5) is 0 Å². The third-order valence-electron chi connectivity index (χ3n) is 2.15. The summed E-state index contributed by atoms with van der Waals surface area (Å²) in [5.74, 6) is 1.74. The Morgan fingerprint density at radius 2 is 1.00 bits per heavy atom. The molecule has 0 atom stereocenters. The maximum atomic E-state index is 5.58. The second kappa shape index (κ2) is 7.30. The van der Waals surface area contributed by atoms with Crippen molar-refractivity contribution >= 4 is 11.3 Å². The number of benzene rings is 2. The van der Waals surface area contributed by atoms with Crippen LogP contribution >= 0.6 is 11.3 Å². The molecule has 90 valence electrons. The first-order valence-corrected chi connectivity index (χ1v) is 6.64. The zero-order valence-corrected chi connectivity index (χ0v) is 10.7. The van der Waals surface area contributed by atoms with Crippen LogP contribution in [0, 0.1) is 0 Å². The molecule has 0 spiro atoms. The molecule has 0 aliphatic rings. The fourth-order valence-corrected chi connectivity index (χ4v) is 1.79. The van der Waals surface area contributed by atoms with Crippen LogP contribution in [0.25, 0.3) is 0 Å². The Bertz CT molecular complexity index is 463. The average molecular weight is 254 g/mol. The molecule has 0 amide bonds. The molecule has 0 saturated carbocycles. The van der Waals surface area contributed by atoms with Gasteiger partial charge >= 0.3 is 0 Å². The van der Waals surface area contributed by atoms with Gasteiger partial charge in [-0.15, -0.1) is 0 Å². The van der Waals surface area contributed by atoms with E-state index in [-0.39, 0.29) is 0 Å². The van der Waals surface area contributed by atoms with E-state index in [1.165, 1.54) is 0 Å². The normalized spacial score (nSPS) is 9.11. The number of hydrogen-bond acceptors (Lipinski definition) is 2. The molecule has 1 nitrogen and oxygen atoms in total. The van der Waals surface area contributed by atoms with Crippen LogP contribution in [-0.4, -0.2) is 0 Å². The fraction of sp³-hybridized carbons (Fsp3) is 0. The first kappa shape index (κ1) is 12.4. The van der Waals surface area contributed by atoms with Gasteiger partial charge in [-0.25, -0.2) is 0 Å². The van der Waals surface area contributed by atoms with Crippen LogP contribution in [-0.2, 0) is 0 Å². The summed E-state index contributed by atoms with van der Waals surface area (Å²) in [6.07, 6.45) is 0. The van der Waals surface area contributed by atoms with Crippen LogP contribution in [0.15, 0.2) is 83.6 Å². The van der Waals surface area contributed by atoms with Crippen molar-refractivity contribution in [3.63, 3.8) is 0 Å². The summed E-state index contributed by atoms with van der Waals surface area (Å²) in [7, 11) is 0. The monoisotopic (exact) mass is 254 g/mol. The molecule has 2 aromatic carbocycles. The molecule has 0 unspecified atom stereocenters. The molecule has 0 bridgehead atoms. The smallest absolute Gasteiger partial charge is 0.127 e. The van der Waals surface area contributed by atoms with E-state index in [2.05, 4.69) is 0 Å². The van der Waals surface area contributed by atoms with Gasteiger partial charge in [-0.05, 0) is 35.0 Å². The van der Waals surface area contributed by atoms with Crippen LogP contribution in [0.3, 0.4) is 0 Å². The Morgan fingerprint density at radius 1 is 0.556 bits per heavy atom. The lowest BCUT2D eigenvalue weighted by molar-refractivity contribution is 0.482. The standard InChI is InChI=1S/C12H10O.C4H4S/c1-3-7-11(8-4-1)13-12-9-5-2-6-10-12;1-2-4-5-3-1/h1-10H;1-4H. The van der Waals surface area contributed by atoms with Crippen LogP contribution in [0.5, 0.6) is 11.5 Å². The van der Waals surface area contributed by atoms with Crippen molar-refractivity contribution in [3.05, 3.63) is 83.6 Å². The van der Waals surface area contributed by atoms with Crippen molar-refractivity contribution < 1.29 is 4.74 Å². The zero-order valence-electron chi connectivity index (χ0n) is 9.90. The van der Waals surface area contributed by atoms with Gasteiger partial charge < -0.3 is 4.74 Å². The van der Waals surface area contributed by atoms with Gasteiger partial charge in [0.1, 0.15) is 11.5 Å². The molecule has 1 aromatic heterocycles. The van der Waals surface area contributed by atoms with E-state index in [9.17, 15) is 0 Å². The van der Waals surface area contributed by atoms with E-state index in [4.69, 9.17) is 4.74 Å². The van der Waals surface area contributed by atoms with E-state index in [1.54, 1.807) is 11.3 Å². The summed E-state index contributed by atoms with van der Waals surface area (Å²) in [5.41, 5.74) is 0. The van der Waals surface area contributed by atoms with Crippen LogP contribution in [0.1, 0.15) is 0 Å². The topological polar surface area (TPSA) is 9.23 Å². The molecule has 0 aliphatic heterocycles.